The Hall–Kier alpha value is -2.13. The first-order valence-corrected chi connectivity index (χ1v) is 7.47. The van der Waals surface area contributed by atoms with Crippen LogP contribution in [-0.2, 0) is 13.2 Å². The van der Waals surface area contributed by atoms with E-state index in [2.05, 4.69) is 42.5 Å². The van der Waals surface area contributed by atoms with Gasteiger partial charge in [-0.15, -0.1) is 0 Å². The summed E-state index contributed by atoms with van der Waals surface area (Å²) in [5.74, 6) is 0. The molecule has 1 N–H and O–H groups in total. The number of hydrogen-bond acceptors (Lipinski definition) is 2. The predicted molar refractivity (Wildman–Crippen MR) is 86.0 cm³/mol. The summed E-state index contributed by atoms with van der Waals surface area (Å²) < 4.78 is 2.01. The fraction of sp³-hybridized carbons (Fsp3) is 0.278. The van der Waals surface area contributed by atoms with Gasteiger partial charge < -0.3 is 5.11 Å². The average molecular weight is 280 g/mol. The van der Waals surface area contributed by atoms with Crippen LogP contribution < -0.4 is 0 Å². The molecule has 2 aromatic carbocycles. The van der Waals surface area contributed by atoms with Crippen LogP contribution in [0.2, 0.25) is 0 Å². The van der Waals surface area contributed by atoms with E-state index in [0.717, 1.165) is 29.5 Å². The summed E-state index contributed by atoms with van der Waals surface area (Å²) in [6, 6.07) is 12.4. The summed E-state index contributed by atoms with van der Waals surface area (Å²) in [5, 5.41) is 16.1. The molecule has 108 valence electrons. The summed E-state index contributed by atoms with van der Waals surface area (Å²) in [5.41, 5.74) is 3.28. The smallest absolute Gasteiger partial charge is 0.0682 e. The topological polar surface area (TPSA) is 38.0 Å². The monoisotopic (exact) mass is 280 g/mol. The number of fused-ring (bicyclic) bond motifs is 1. The summed E-state index contributed by atoms with van der Waals surface area (Å²) in [6.07, 6.45) is 6.37. The van der Waals surface area contributed by atoms with E-state index in [0.29, 0.717) is 0 Å². The zero-order valence-electron chi connectivity index (χ0n) is 12.3. The van der Waals surface area contributed by atoms with Crippen molar-refractivity contribution >= 4 is 10.8 Å². The molecule has 0 saturated heterocycles. The molecule has 1 heterocycles. The zero-order valence-corrected chi connectivity index (χ0v) is 12.3. The summed E-state index contributed by atoms with van der Waals surface area (Å²) >= 11 is 0. The highest BCUT2D eigenvalue weighted by Gasteiger charge is 2.06. The van der Waals surface area contributed by atoms with Gasteiger partial charge in [0.1, 0.15) is 0 Å². The second-order valence-electron chi connectivity index (χ2n) is 5.36. The maximum atomic E-state index is 9.26. The molecule has 0 bridgehead atoms. The Morgan fingerprint density at radius 2 is 2.10 bits per heavy atom. The molecule has 3 rings (SSSR count). The van der Waals surface area contributed by atoms with E-state index in [-0.39, 0.29) is 6.61 Å². The van der Waals surface area contributed by atoms with Gasteiger partial charge in [-0.2, -0.15) is 5.10 Å². The van der Waals surface area contributed by atoms with Crippen molar-refractivity contribution in [3.8, 4) is 11.1 Å². The third-order valence-electron chi connectivity index (χ3n) is 3.81. The maximum absolute atomic E-state index is 9.26. The molecule has 0 aliphatic carbocycles. The molecule has 0 saturated carbocycles. The van der Waals surface area contributed by atoms with Gasteiger partial charge in [0, 0.05) is 18.3 Å². The molecule has 0 amide bonds. The van der Waals surface area contributed by atoms with Crippen LogP contribution in [0.1, 0.15) is 25.3 Å². The second-order valence-corrected chi connectivity index (χ2v) is 5.36. The van der Waals surface area contributed by atoms with Gasteiger partial charge in [-0.05, 0) is 34.4 Å². The number of unbranched alkanes of at least 4 members (excludes halogenated alkanes) is 1. The molecule has 21 heavy (non-hydrogen) atoms. The largest absolute Gasteiger partial charge is 0.392 e. The van der Waals surface area contributed by atoms with Gasteiger partial charge in [0.25, 0.3) is 0 Å². The van der Waals surface area contributed by atoms with Crippen LogP contribution >= 0.6 is 0 Å². The van der Waals surface area contributed by atoms with Crippen molar-refractivity contribution in [1.29, 1.82) is 0 Å². The van der Waals surface area contributed by atoms with Crippen LogP contribution in [0.3, 0.4) is 0 Å². The highest BCUT2D eigenvalue weighted by atomic mass is 16.3. The van der Waals surface area contributed by atoms with E-state index in [1.165, 1.54) is 17.4 Å². The lowest BCUT2D eigenvalue weighted by atomic mass is 9.99. The lowest BCUT2D eigenvalue weighted by Gasteiger charge is -2.06. The lowest BCUT2D eigenvalue weighted by molar-refractivity contribution is 0.282. The SMILES string of the molecule is CCCCn1cc(-c2cccc3cc(CO)ccc23)cn1. The highest BCUT2D eigenvalue weighted by Crippen LogP contribution is 2.29. The van der Waals surface area contributed by atoms with Crippen molar-refractivity contribution in [2.24, 2.45) is 0 Å². The Kier molecular flexibility index (Phi) is 4.02. The molecule has 0 spiro atoms. The van der Waals surface area contributed by atoms with Crippen molar-refractivity contribution < 1.29 is 5.11 Å². The quantitative estimate of drug-likeness (QED) is 0.767. The average Bonchev–Trinajstić information content (AvgIpc) is 3.00. The molecule has 3 nitrogen and oxygen atoms in total. The fourth-order valence-electron chi connectivity index (χ4n) is 2.63. The number of nitrogens with zero attached hydrogens (tertiary/aromatic N) is 2. The standard InChI is InChI=1S/C18H20N2O/c1-2-3-9-20-12-16(11-19-20)17-6-4-5-15-10-14(13-21)7-8-18(15)17/h4-8,10-12,21H,2-3,9,13H2,1H3. The zero-order chi connectivity index (χ0) is 14.7. The minimum absolute atomic E-state index is 0.0785. The van der Waals surface area contributed by atoms with Gasteiger partial charge in [-0.25, -0.2) is 0 Å². The summed E-state index contributed by atoms with van der Waals surface area (Å²) in [4.78, 5) is 0. The van der Waals surface area contributed by atoms with Crippen molar-refractivity contribution in [1.82, 2.24) is 9.78 Å². The first-order valence-electron chi connectivity index (χ1n) is 7.47. The molecule has 0 radical (unpaired) electrons. The normalized spacial score (nSPS) is 11.1. The summed E-state index contributed by atoms with van der Waals surface area (Å²) in [6.45, 7) is 3.24. The Labute approximate surface area is 124 Å². The van der Waals surface area contributed by atoms with Gasteiger partial charge in [0.05, 0.1) is 12.8 Å². The first kappa shape index (κ1) is 13.8. The predicted octanol–water partition coefficient (Wildman–Crippen LogP) is 4.00. The Morgan fingerprint density at radius 1 is 1.19 bits per heavy atom. The third-order valence-corrected chi connectivity index (χ3v) is 3.81. The molecular weight excluding hydrogens is 260 g/mol. The van der Waals surface area contributed by atoms with Gasteiger partial charge in [0.2, 0.25) is 0 Å². The number of benzene rings is 2. The van der Waals surface area contributed by atoms with Crippen molar-refractivity contribution in [2.75, 3.05) is 0 Å². The molecule has 0 aliphatic rings. The Balaban J connectivity index is 2.01. The molecule has 0 atom stereocenters. The second kappa shape index (κ2) is 6.10. The third kappa shape index (κ3) is 2.83. The van der Waals surface area contributed by atoms with Gasteiger partial charge in [-0.3, -0.25) is 4.68 Å². The molecule has 0 unspecified atom stereocenters. The van der Waals surface area contributed by atoms with Gasteiger partial charge in [-0.1, -0.05) is 43.7 Å². The van der Waals surface area contributed by atoms with Crippen LogP contribution in [0, 0.1) is 0 Å². The van der Waals surface area contributed by atoms with E-state index >= 15 is 0 Å². The number of aromatic nitrogens is 2. The van der Waals surface area contributed by atoms with Crippen molar-refractivity contribution in [2.45, 2.75) is 32.9 Å². The number of aryl methyl sites for hydroxylation is 1. The van der Waals surface area contributed by atoms with E-state index in [4.69, 9.17) is 0 Å². The van der Waals surface area contributed by atoms with Gasteiger partial charge >= 0.3 is 0 Å². The van der Waals surface area contributed by atoms with E-state index < -0.39 is 0 Å². The first-order chi connectivity index (χ1) is 10.3. The number of hydrogen-bond donors (Lipinski definition) is 1. The molecular formula is C18H20N2O. The maximum Gasteiger partial charge on any atom is 0.0682 e. The molecule has 3 aromatic rings. The van der Waals surface area contributed by atoms with Crippen LogP contribution in [0.15, 0.2) is 48.8 Å². The fourth-order valence-corrected chi connectivity index (χ4v) is 2.63. The van der Waals surface area contributed by atoms with E-state index in [1.54, 1.807) is 0 Å². The molecule has 0 fully saturated rings. The van der Waals surface area contributed by atoms with E-state index in [1.807, 2.05) is 23.0 Å². The number of aliphatic hydroxyl groups excluding tert-OH is 1. The lowest BCUT2D eigenvalue weighted by Crippen LogP contribution is -1.96. The Bertz CT molecular complexity index is 746. The minimum atomic E-state index is 0.0785. The van der Waals surface area contributed by atoms with E-state index in [9.17, 15) is 5.11 Å². The summed E-state index contributed by atoms with van der Waals surface area (Å²) in [7, 11) is 0. The molecule has 3 heteroatoms. The number of rotatable bonds is 5. The minimum Gasteiger partial charge on any atom is -0.392 e. The van der Waals surface area contributed by atoms with Crippen LogP contribution in [-0.4, -0.2) is 14.9 Å². The van der Waals surface area contributed by atoms with Crippen LogP contribution in [0.5, 0.6) is 0 Å². The highest BCUT2D eigenvalue weighted by molar-refractivity contribution is 5.96. The van der Waals surface area contributed by atoms with Crippen molar-refractivity contribution in [3.05, 3.63) is 54.4 Å². The molecule has 0 aliphatic heterocycles. The van der Waals surface area contributed by atoms with Crippen molar-refractivity contribution in [3.63, 3.8) is 0 Å². The Morgan fingerprint density at radius 3 is 2.90 bits per heavy atom. The number of aliphatic hydroxyl groups is 1. The van der Waals surface area contributed by atoms with Gasteiger partial charge in [0.15, 0.2) is 0 Å². The van der Waals surface area contributed by atoms with Crippen LogP contribution in [0.25, 0.3) is 21.9 Å². The molecule has 1 aromatic heterocycles. The van der Waals surface area contributed by atoms with Crippen LogP contribution in [0.4, 0.5) is 0 Å².